The Balaban J connectivity index is 1.70. The van der Waals surface area contributed by atoms with Crippen LogP contribution in [-0.2, 0) is 36.9 Å². The van der Waals surface area contributed by atoms with Gasteiger partial charge in [0.1, 0.15) is 29.6 Å². The zero-order valence-corrected chi connectivity index (χ0v) is 24.5. The first-order valence-electron chi connectivity index (χ1n) is 13.5. The number of amides is 5. The van der Waals surface area contributed by atoms with E-state index < -0.39 is 59.5 Å². The second-order valence-corrected chi connectivity index (χ2v) is 11.5. The first-order valence-corrected chi connectivity index (χ1v) is 13.5. The number of alkyl carbamates (subject to hydrolysis) is 1. The van der Waals surface area contributed by atoms with Crippen molar-refractivity contribution in [3.8, 4) is 0 Å². The van der Waals surface area contributed by atoms with E-state index in [-0.39, 0.29) is 32.6 Å². The summed E-state index contributed by atoms with van der Waals surface area (Å²) in [7, 11) is 3.67. The summed E-state index contributed by atoms with van der Waals surface area (Å²) in [4.78, 5) is 68.0. The topological polar surface area (TPSA) is 164 Å². The van der Waals surface area contributed by atoms with Gasteiger partial charge in [0.05, 0.1) is 13.1 Å². The zero-order chi connectivity index (χ0) is 31.2. The van der Waals surface area contributed by atoms with E-state index in [2.05, 4.69) is 10.6 Å². The van der Waals surface area contributed by atoms with Gasteiger partial charge in [-0.05, 0) is 46.5 Å². The number of halogens is 1. The predicted molar refractivity (Wildman–Crippen MR) is 149 cm³/mol. The molecule has 2 aliphatic heterocycles. The molecule has 0 bridgehead atoms. The number of nitrogens with one attached hydrogen (secondary N) is 2. The van der Waals surface area contributed by atoms with Crippen LogP contribution in [0.2, 0.25) is 0 Å². The summed E-state index contributed by atoms with van der Waals surface area (Å²) in [6.45, 7) is 5.15. The summed E-state index contributed by atoms with van der Waals surface area (Å²) >= 11 is 0. The van der Waals surface area contributed by atoms with Crippen molar-refractivity contribution in [3.05, 3.63) is 47.3 Å². The molecule has 4 N–H and O–H groups in total. The number of fused-ring (bicyclic) bond motifs is 1. The summed E-state index contributed by atoms with van der Waals surface area (Å²) in [6.07, 6.45) is 0.336. The molecule has 3 atom stereocenters. The standard InChI is InChI=1S/C28H39FN6O7/c1-28(2,3)42-26(39)32-21(13-31-23(36)10-7-11-33(4)5)25(38)35-15-18(12-22(35)24(30)37)41-27(40)34-14-17-8-6-9-20(29)19(17)16-34/h6-10,18,21-22H,11-16H2,1-5H3,(H2,30,37)(H,31,36)(H,32,39). The molecular formula is C28H39FN6O7. The summed E-state index contributed by atoms with van der Waals surface area (Å²) in [5, 5.41) is 5.02. The van der Waals surface area contributed by atoms with E-state index in [0.29, 0.717) is 17.7 Å². The third-order valence-corrected chi connectivity index (χ3v) is 6.54. The Morgan fingerprint density at radius 2 is 1.90 bits per heavy atom. The van der Waals surface area contributed by atoms with Crippen molar-refractivity contribution < 1.29 is 37.8 Å². The summed E-state index contributed by atoms with van der Waals surface area (Å²) in [6, 6.07) is 2.14. The summed E-state index contributed by atoms with van der Waals surface area (Å²) in [5.41, 5.74) is 5.79. The van der Waals surface area contributed by atoms with Crippen molar-refractivity contribution in [1.29, 1.82) is 0 Å². The lowest BCUT2D eigenvalue weighted by Crippen LogP contribution is -2.57. The van der Waals surface area contributed by atoms with Crippen molar-refractivity contribution in [1.82, 2.24) is 25.3 Å². The molecule has 1 saturated heterocycles. The second-order valence-electron chi connectivity index (χ2n) is 11.5. The number of nitrogens with two attached hydrogens (primary N) is 1. The van der Waals surface area contributed by atoms with Crippen molar-refractivity contribution in [2.75, 3.05) is 33.7 Å². The van der Waals surface area contributed by atoms with E-state index in [1.54, 1.807) is 39.0 Å². The maximum absolute atomic E-state index is 14.1. The third-order valence-electron chi connectivity index (χ3n) is 6.54. The Morgan fingerprint density at radius 3 is 2.52 bits per heavy atom. The minimum atomic E-state index is -1.32. The number of likely N-dealkylation sites (tertiary alicyclic amines) is 1. The lowest BCUT2D eigenvalue weighted by molar-refractivity contribution is -0.139. The lowest BCUT2D eigenvalue weighted by Gasteiger charge is -2.28. The minimum absolute atomic E-state index is 0.0278. The molecule has 0 aliphatic carbocycles. The number of likely N-dealkylation sites (N-methyl/N-ethyl adjacent to an activating group) is 1. The van der Waals surface area contributed by atoms with E-state index in [1.165, 1.54) is 17.0 Å². The Kier molecular flexibility index (Phi) is 10.5. The van der Waals surface area contributed by atoms with E-state index in [1.807, 2.05) is 19.0 Å². The largest absolute Gasteiger partial charge is 0.444 e. The number of rotatable bonds is 9. The number of carbonyl (C=O) groups excluding carboxylic acids is 5. The Bertz CT molecular complexity index is 1230. The number of benzene rings is 1. The van der Waals surface area contributed by atoms with Crippen molar-refractivity contribution in [3.63, 3.8) is 0 Å². The molecule has 0 saturated carbocycles. The van der Waals surface area contributed by atoms with Crippen LogP contribution < -0.4 is 16.4 Å². The SMILES string of the molecule is CN(C)CC=CC(=O)NCC(NC(=O)OC(C)(C)C)C(=O)N1CC(OC(=O)N2Cc3cccc(F)c3C2)CC1C(N)=O. The van der Waals surface area contributed by atoms with Gasteiger partial charge in [-0.1, -0.05) is 18.2 Å². The normalized spacial score (nSPS) is 19.0. The van der Waals surface area contributed by atoms with Crippen LogP contribution in [0, 0.1) is 5.82 Å². The molecule has 1 fully saturated rings. The van der Waals surface area contributed by atoms with Gasteiger partial charge in [-0.3, -0.25) is 19.3 Å². The van der Waals surface area contributed by atoms with Gasteiger partial charge >= 0.3 is 12.2 Å². The van der Waals surface area contributed by atoms with Gasteiger partial charge in [-0.2, -0.15) is 0 Å². The first-order chi connectivity index (χ1) is 19.6. The van der Waals surface area contributed by atoms with Gasteiger partial charge in [-0.25, -0.2) is 14.0 Å². The molecule has 1 aromatic carbocycles. The zero-order valence-electron chi connectivity index (χ0n) is 24.5. The molecule has 1 aromatic rings. The maximum Gasteiger partial charge on any atom is 0.410 e. The van der Waals surface area contributed by atoms with Crippen LogP contribution >= 0.6 is 0 Å². The van der Waals surface area contributed by atoms with Crippen molar-refractivity contribution >= 4 is 29.9 Å². The van der Waals surface area contributed by atoms with Crippen LogP contribution in [0.4, 0.5) is 14.0 Å². The van der Waals surface area contributed by atoms with Crippen LogP contribution in [-0.4, -0.2) is 102 Å². The molecule has 13 nitrogen and oxygen atoms in total. The highest BCUT2D eigenvalue weighted by Crippen LogP contribution is 2.27. The molecule has 0 spiro atoms. The third kappa shape index (κ3) is 8.90. The molecule has 2 aliphatic rings. The number of primary amides is 1. The van der Waals surface area contributed by atoms with Crippen molar-refractivity contribution in [2.45, 2.75) is 64.1 Å². The molecule has 5 amide bonds. The van der Waals surface area contributed by atoms with Crippen LogP contribution in [0.1, 0.15) is 38.3 Å². The number of hydrogen-bond acceptors (Lipinski definition) is 8. The Labute approximate surface area is 244 Å². The fourth-order valence-electron chi connectivity index (χ4n) is 4.61. The minimum Gasteiger partial charge on any atom is -0.444 e. The highest BCUT2D eigenvalue weighted by molar-refractivity contribution is 5.93. The molecule has 3 rings (SSSR count). The molecule has 0 radical (unpaired) electrons. The van der Waals surface area contributed by atoms with E-state index in [0.717, 1.165) is 4.90 Å². The molecule has 3 unspecified atom stereocenters. The smallest absolute Gasteiger partial charge is 0.410 e. The molecule has 42 heavy (non-hydrogen) atoms. The van der Waals surface area contributed by atoms with Crippen LogP contribution in [0.15, 0.2) is 30.4 Å². The molecule has 230 valence electrons. The average Bonchev–Trinajstić information content (AvgIpc) is 3.50. The van der Waals surface area contributed by atoms with E-state index in [9.17, 15) is 28.4 Å². The monoisotopic (exact) mass is 590 g/mol. The molecular weight excluding hydrogens is 551 g/mol. The van der Waals surface area contributed by atoms with Gasteiger partial charge < -0.3 is 35.6 Å². The van der Waals surface area contributed by atoms with Gasteiger partial charge in [0.15, 0.2) is 0 Å². The summed E-state index contributed by atoms with van der Waals surface area (Å²) in [5.74, 6) is -2.47. The van der Waals surface area contributed by atoms with Gasteiger partial charge in [0, 0.05) is 37.7 Å². The van der Waals surface area contributed by atoms with Gasteiger partial charge in [0.2, 0.25) is 17.7 Å². The fourth-order valence-corrected chi connectivity index (χ4v) is 4.61. The number of carbonyl (C=O) groups is 5. The average molecular weight is 591 g/mol. The van der Waals surface area contributed by atoms with E-state index in [4.69, 9.17) is 15.2 Å². The Morgan fingerprint density at radius 1 is 1.19 bits per heavy atom. The van der Waals surface area contributed by atoms with E-state index >= 15 is 0 Å². The van der Waals surface area contributed by atoms with Crippen LogP contribution in [0.3, 0.4) is 0 Å². The number of ether oxygens (including phenoxy) is 2. The maximum atomic E-state index is 14.1. The number of nitrogens with zero attached hydrogens (tertiary/aromatic N) is 3. The van der Waals surface area contributed by atoms with Crippen molar-refractivity contribution in [2.24, 2.45) is 5.73 Å². The molecule has 14 heteroatoms. The number of hydrogen-bond donors (Lipinski definition) is 3. The highest BCUT2D eigenvalue weighted by atomic mass is 19.1. The Hall–Kier alpha value is -4.20. The van der Waals surface area contributed by atoms with Gasteiger partial charge in [-0.15, -0.1) is 0 Å². The molecule has 2 heterocycles. The fraction of sp³-hybridized carbons (Fsp3) is 0.536. The lowest BCUT2D eigenvalue weighted by atomic mass is 10.1. The van der Waals surface area contributed by atoms with Crippen LogP contribution in [0.5, 0.6) is 0 Å². The quantitative estimate of drug-likeness (QED) is 0.357. The predicted octanol–water partition coefficient (Wildman–Crippen LogP) is 0.860. The highest BCUT2D eigenvalue weighted by Gasteiger charge is 2.43. The molecule has 0 aromatic heterocycles. The summed E-state index contributed by atoms with van der Waals surface area (Å²) < 4.78 is 25.0. The second kappa shape index (κ2) is 13.6. The van der Waals surface area contributed by atoms with Gasteiger partial charge in [0.25, 0.3) is 0 Å². The van der Waals surface area contributed by atoms with Crippen LogP contribution in [0.25, 0.3) is 0 Å². The first kappa shape index (κ1) is 32.3.